The molecule has 1 heterocycles. The van der Waals surface area contributed by atoms with E-state index in [4.69, 9.17) is 9.72 Å². The van der Waals surface area contributed by atoms with Gasteiger partial charge in [0.05, 0.1) is 31.9 Å². The summed E-state index contributed by atoms with van der Waals surface area (Å²) < 4.78 is 5.14. The lowest BCUT2D eigenvalue weighted by Crippen LogP contribution is -2.35. The van der Waals surface area contributed by atoms with E-state index >= 15 is 0 Å². The number of esters is 1. The van der Waals surface area contributed by atoms with Crippen molar-refractivity contribution in [3.8, 4) is 11.3 Å². The third-order valence-corrected chi connectivity index (χ3v) is 8.12. The number of nitrogens with zero attached hydrogens (tertiary/aromatic N) is 3. The maximum absolute atomic E-state index is 12.1. The smallest absolute Gasteiger partial charge is 0.320 e. The van der Waals surface area contributed by atoms with Crippen molar-refractivity contribution in [2.45, 2.75) is 106 Å². The van der Waals surface area contributed by atoms with Crippen LogP contribution in [0.15, 0.2) is 53.9 Å². The van der Waals surface area contributed by atoms with Gasteiger partial charge in [0.1, 0.15) is 5.01 Å². The number of carboxylic acids is 1. The standard InChI is InChI=1S/C34H47N3O4S.C2H6/c1-6-9-27(10-7-2)28-15-17-30(18-16-28)37(25(4)5)20-26-11-13-29(14-12-26)31-24-42-32(35-31)21-36(22-33(38)39)23-34(40)41-19-8-3;1-2/h11-18,24-25,27H,6-10,19-23H2,1-5H3,(H,38,39);1-2H3. The highest BCUT2D eigenvalue weighted by Gasteiger charge is 2.18. The fraction of sp³-hybridized carbons (Fsp3) is 0.528. The van der Waals surface area contributed by atoms with Crippen molar-refractivity contribution in [1.29, 1.82) is 0 Å². The van der Waals surface area contributed by atoms with Crippen molar-refractivity contribution >= 4 is 29.0 Å². The van der Waals surface area contributed by atoms with Crippen LogP contribution in [0.5, 0.6) is 0 Å². The second-order valence-corrected chi connectivity index (χ2v) is 12.1. The Bertz CT molecular complexity index is 1240. The number of carbonyl (C=O) groups is 2. The maximum atomic E-state index is 12.1. The number of aromatic nitrogens is 1. The average molecular weight is 624 g/mol. The van der Waals surface area contributed by atoms with Crippen molar-refractivity contribution in [3.05, 3.63) is 70.0 Å². The van der Waals surface area contributed by atoms with E-state index < -0.39 is 11.9 Å². The minimum Gasteiger partial charge on any atom is -0.480 e. The normalized spacial score (nSPS) is 11.0. The molecule has 0 unspecified atom stereocenters. The van der Waals surface area contributed by atoms with Crippen LogP contribution in [0.4, 0.5) is 5.69 Å². The third-order valence-electron chi connectivity index (χ3n) is 7.29. The molecular weight excluding hydrogens is 570 g/mol. The van der Waals surface area contributed by atoms with E-state index in [1.54, 1.807) is 4.90 Å². The van der Waals surface area contributed by atoms with Gasteiger partial charge in [-0.1, -0.05) is 83.9 Å². The lowest BCUT2D eigenvalue weighted by Gasteiger charge is -2.30. The highest BCUT2D eigenvalue weighted by molar-refractivity contribution is 7.09. The van der Waals surface area contributed by atoms with Gasteiger partial charge in [-0.25, -0.2) is 4.98 Å². The Hall–Kier alpha value is -3.23. The molecule has 1 aromatic heterocycles. The molecule has 44 heavy (non-hydrogen) atoms. The van der Waals surface area contributed by atoms with Crippen molar-refractivity contribution in [2.24, 2.45) is 0 Å². The van der Waals surface area contributed by atoms with Crippen LogP contribution in [0.25, 0.3) is 11.3 Å². The summed E-state index contributed by atoms with van der Waals surface area (Å²) in [4.78, 5) is 32.1. The summed E-state index contributed by atoms with van der Waals surface area (Å²) in [5, 5.41) is 12.0. The van der Waals surface area contributed by atoms with Gasteiger partial charge in [-0.05, 0) is 62.3 Å². The Morgan fingerprint density at radius 2 is 1.52 bits per heavy atom. The molecule has 0 aliphatic rings. The fourth-order valence-electron chi connectivity index (χ4n) is 5.17. The van der Waals surface area contributed by atoms with Crippen LogP contribution in [0.3, 0.4) is 0 Å². The Labute approximate surface area is 269 Å². The molecule has 0 aliphatic carbocycles. The first-order valence-corrected chi connectivity index (χ1v) is 17.1. The zero-order valence-corrected chi connectivity index (χ0v) is 28.7. The Kier molecular flexibility index (Phi) is 16.7. The van der Waals surface area contributed by atoms with Gasteiger partial charge in [0, 0.05) is 29.2 Å². The van der Waals surface area contributed by atoms with Gasteiger partial charge >= 0.3 is 11.9 Å². The minimum atomic E-state index is -0.991. The number of anilines is 1. The molecule has 8 heteroatoms. The summed E-state index contributed by atoms with van der Waals surface area (Å²) in [6.45, 7) is 16.0. The molecule has 0 aliphatic heterocycles. The number of rotatable bonds is 18. The third kappa shape index (κ3) is 12.0. The lowest BCUT2D eigenvalue weighted by atomic mass is 9.90. The van der Waals surface area contributed by atoms with Crippen LogP contribution >= 0.6 is 11.3 Å². The molecule has 242 valence electrons. The number of hydrogen-bond acceptors (Lipinski definition) is 7. The first-order chi connectivity index (χ1) is 21.2. The number of aliphatic carboxylic acids is 1. The number of thiazole rings is 1. The molecule has 0 saturated heterocycles. The van der Waals surface area contributed by atoms with Crippen LogP contribution in [0.2, 0.25) is 0 Å². The number of carbonyl (C=O) groups excluding carboxylic acids is 1. The van der Waals surface area contributed by atoms with Crippen LogP contribution < -0.4 is 4.90 Å². The van der Waals surface area contributed by atoms with Crippen LogP contribution in [-0.4, -0.2) is 52.7 Å². The van der Waals surface area contributed by atoms with Gasteiger partial charge in [0.15, 0.2) is 0 Å². The minimum absolute atomic E-state index is 0.0803. The quantitative estimate of drug-likeness (QED) is 0.142. The van der Waals surface area contributed by atoms with E-state index in [2.05, 4.69) is 81.1 Å². The average Bonchev–Trinajstić information content (AvgIpc) is 3.48. The van der Waals surface area contributed by atoms with Gasteiger partial charge in [-0.2, -0.15) is 0 Å². The highest BCUT2D eigenvalue weighted by Crippen LogP contribution is 2.30. The Morgan fingerprint density at radius 1 is 0.886 bits per heavy atom. The van der Waals surface area contributed by atoms with Crippen LogP contribution in [0.1, 0.15) is 103 Å². The molecule has 0 fully saturated rings. The van der Waals surface area contributed by atoms with E-state index in [9.17, 15) is 14.7 Å². The molecular formula is C36H53N3O4S. The predicted octanol–water partition coefficient (Wildman–Crippen LogP) is 8.77. The summed E-state index contributed by atoms with van der Waals surface area (Å²) in [6, 6.07) is 18.0. The lowest BCUT2D eigenvalue weighted by molar-refractivity contribution is -0.146. The van der Waals surface area contributed by atoms with Gasteiger partial charge in [0.25, 0.3) is 0 Å². The van der Waals surface area contributed by atoms with Gasteiger partial charge in [-0.3, -0.25) is 14.5 Å². The van der Waals surface area contributed by atoms with Gasteiger partial charge in [-0.15, -0.1) is 11.3 Å². The van der Waals surface area contributed by atoms with Gasteiger partial charge in [0.2, 0.25) is 0 Å². The summed E-state index contributed by atoms with van der Waals surface area (Å²) in [5.41, 5.74) is 5.75. The molecule has 0 amide bonds. The molecule has 0 saturated carbocycles. The summed E-state index contributed by atoms with van der Waals surface area (Å²) in [7, 11) is 0. The second kappa shape index (κ2) is 19.9. The van der Waals surface area contributed by atoms with Crippen molar-refractivity contribution in [1.82, 2.24) is 9.88 Å². The Morgan fingerprint density at radius 3 is 2.07 bits per heavy atom. The maximum Gasteiger partial charge on any atom is 0.320 e. The van der Waals surface area contributed by atoms with Crippen LogP contribution in [-0.2, 0) is 27.4 Å². The SMILES string of the molecule is CC.CCCOC(=O)CN(CC(=O)O)Cc1nc(-c2ccc(CN(c3ccc(C(CCC)CCC)cc3)C(C)C)cc2)cs1. The number of benzene rings is 2. The number of carboxylic acid groups (broad SMARTS) is 1. The van der Waals surface area contributed by atoms with Crippen molar-refractivity contribution in [3.63, 3.8) is 0 Å². The molecule has 0 radical (unpaired) electrons. The van der Waals surface area contributed by atoms with Crippen LogP contribution in [0, 0.1) is 0 Å². The summed E-state index contributed by atoms with van der Waals surface area (Å²) in [6.07, 6.45) is 5.62. The molecule has 3 rings (SSSR count). The first kappa shape index (κ1) is 37.0. The van der Waals surface area contributed by atoms with E-state index in [-0.39, 0.29) is 19.6 Å². The molecule has 2 aromatic carbocycles. The molecule has 3 aromatic rings. The second-order valence-electron chi connectivity index (χ2n) is 11.2. The summed E-state index contributed by atoms with van der Waals surface area (Å²) >= 11 is 1.46. The van der Waals surface area contributed by atoms with E-state index in [0.29, 0.717) is 18.6 Å². The fourth-order valence-corrected chi connectivity index (χ4v) is 6.02. The zero-order chi connectivity index (χ0) is 32.5. The number of ether oxygens (including phenoxy) is 1. The molecule has 0 bridgehead atoms. The molecule has 1 N–H and O–H groups in total. The Balaban J connectivity index is 0.00000330. The van der Waals surface area contributed by atoms with E-state index in [0.717, 1.165) is 29.2 Å². The molecule has 0 atom stereocenters. The molecule has 0 spiro atoms. The van der Waals surface area contributed by atoms with Crippen molar-refractivity contribution in [2.75, 3.05) is 24.6 Å². The monoisotopic (exact) mass is 623 g/mol. The molecule has 7 nitrogen and oxygen atoms in total. The van der Waals surface area contributed by atoms with Crippen molar-refractivity contribution < 1.29 is 19.4 Å². The van der Waals surface area contributed by atoms with Gasteiger partial charge < -0.3 is 14.7 Å². The predicted molar refractivity (Wildman–Crippen MR) is 183 cm³/mol. The van der Waals surface area contributed by atoms with E-state index in [1.165, 1.54) is 53.8 Å². The highest BCUT2D eigenvalue weighted by atomic mass is 32.1. The largest absolute Gasteiger partial charge is 0.480 e. The van der Waals surface area contributed by atoms with E-state index in [1.807, 2.05) is 26.2 Å². The first-order valence-electron chi connectivity index (χ1n) is 16.2. The topological polar surface area (TPSA) is 83.0 Å². The summed E-state index contributed by atoms with van der Waals surface area (Å²) in [5.74, 6) is -0.772. The zero-order valence-electron chi connectivity index (χ0n) is 27.8. The number of hydrogen-bond donors (Lipinski definition) is 1.